The van der Waals surface area contributed by atoms with Crippen LogP contribution in [0.3, 0.4) is 0 Å². The first kappa shape index (κ1) is 32.6. The molecular formula is C21H25F6N3O8. The lowest BCUT2D eigenvalue weighted by Crippen LogP contribution is -2.50. The summed E-state index contributed by atoms with van der Waals surface area (Å²) in [5.41, 5.74) is 5.50. The quantitative estimate of drug-likeness (QED) is 0.186. The van der Waals surface area contributed by atoms with E-state index in [9.17, 15) is 45.5 Å². The number of aliphatic hydroxyl groups excluding tert-OH is 2. The van der Waals surface area contributed by atoms with Gasteiger partial charge in [0.1, 0.15) is 11.9 Å². The number of halogens is 6. The van der Waals surface area contributed by atoms with Crippen LogP contribution in [0.2, 0.25) is 0 Å². The Morgan fingerprint density at radius 2 is 1.55 bits per heavy atom. The van der Waals surface area contributed by atoms with Crippen molar-refractivity contribution in [1.82, 2.24) is 10.2 Å². The molecule has 1 fully saturated rings. The lowest BCUT2D eigenvalue weighted by atomic mass is 10.0. The van der Waals surface area contributed by atoms with Gasteiger partial charge in [0, 0.05) is 31.6 Å². The van der Waals surface area contributed by atoms with E-state index in [1.54, 1.807) is 0 Å². The molecule has 1 aromatic rings. The average molecular weight is 561 g/mol. The monoisotopic (exact) mass is 561 g/mol. The van der Waals surface area contributed by atoms with Gasteiger partial charge in [-0.1, -0.05) is 0 Å². The largest absolute Gasteiger partial charge is 0.479 e. The summed E-state index contributed by atoms with van der Waals surface area (Å²) in [6.07, 6.45) is -11.3. The number of carboxylic acid groups (broad SMARTS) is 2. The van der Waals surface area contributed by atoms with E-state index in [1.807, 2.05) is 0 Å². The van der Waals surface area contributed by atoms with Crippen LogP contribution in [0.15, 0.2) is 12.1 Å². The maximum Gasteiger partial charge on any atom is 0.391 e. The third-order valence-electron chi connectivity index (χ3n) is 5.11. The van der Waals surface area contributed by atoms with Crippen molar-refractivity contribution in [2.24, 2.45) is 5.73 Å². The van der Waals surface area contributed by atoms with Gasteiger partial charge in [-0.15, -0.1) is 0 Å². The molecule has 0 aliphatic carbocycles. The molecule has 0 radical (unpaired) electrons. The van der Waals surface area contributed by atoms with E-state index in [1.165, 1.54) is 0 Å². The maximum absolute atomic E-state index is 13.7. The van der Waals surface area contributed by atoms with Crippen molar-refractivity contribution in [3.8, 4) is 0 Å². The van der Waals surface area contributed by atoms with Crippen LogP contribution in [-0.4, -0.2) is 92.6 Å². The highest BCUT2D eigenvalue weighted by atomic mass is 19.4. The Labute approximate surface area is 210 Å². The number of carbonyl (C=O) groups excluding carboxylic acids is 2. The van der Waals surface area contributed by atoms with E-state index in [0.29, 0.717) is 12.1 Å². The molecule has 1 saturated heterocycles. The first-order valence-corrected chi connectivity index (χ1v) is 10.8. The molecule has 0 aromatic heterocycles. The Kier molecular flexibility index (Phi) is 11.9. The van der Waals surface area contributed by atoms with Gasteiger partial charge in [0.05, 0.1) is 6.42 Å². The molecule has 1 aliphatic rings. The molecule has 11 nitrogen and oxygen atoms in total. The highest BCUT2D eigenvalue weighted by Gasteiger charge is 2.41. The number of aliphatic carboxylic acids is 2. The Balaban J connectivity index is 0.000000612. The fourth-order valence-corrected chi connectivity index (χ4v) is 3.28. The Morgan fingerprint density at radius 1 is 1.03 bits per heavy atom. The van der Waals surface area contributed by atoms with E-state index in [-0.39, 0.29) is 31.5 Å². The summed E-state index contributed by atoms with van der Waals surface area (Å²) < 4.78 is 78.3. The standard InChI is InChI=1S/C17H19F6N3O2.C4H6O6/c18-11-7-13(20)12(19)5-9(11)4-10(24)6-15(27)26-3-1-2-25-16(28)14(26)8-17(21,22)23;5-1(3(7)8)2(6)4(9)10/h5,7,10,14H,1-4,6,8,24H2,(H,25,28);1-2,5-6H,(H,7,8)(H,9,10)/t10-,14-;1-,2-/m11/s1. The van der Waals surface area contributed by atoms with Crippen LogP contribution in [0.25, 0.3) is 0 Å². The van der Waals surface area contributed by atoms with E-state index < -0.39 is 84.5 Å². The fourth-order valence-electron chi connectivity index (χ4n) is 3.28. The smallest absolute Gasteiger partial charge is 0.391 e. The summed E-state index contributed by atoms with van der Waals surface area (Å²) in [7, 11) is 0. The molecule has 0 saturated carbocycles. The average Bonchev–Trinajstić information content (AvgIpc) is 2.97. The Hall–Kier alpha value is -3.44. The normalized spacial score (nSPS) is 18.3. The molecule has 7 N–H and O–H groups in total. The Bertz CT molecular complexity index is 1010. The van der Waals surface area contributed by atoms with Crippen molar-refractivity contribution in [2.45, 2.75) is 56.2 Å². The Morgan fingerprint density at radius 3 is 2.05 bits per heavy atom. The number of nitrogens with zero attached hydrogens (tertiary/aromatic N) is 1. The SMILES string of the molecule is N[C@@H](CC(=O)N1CCCNC(=O)[C@H]1CC(F)(F)F)Cc1cc(F)c(F)cc1F.O=C(O)[C@H](O)[C@@H](O)C(=O)O. The molecule has 38 heavy (non-hydrogen) atoms. The molecule has 2 amide bonds. The van der Waals surface area contributed by atoms with Gasteiger partial charge in [-0.05, 0) is 24.5 Å². The van der Waals surface area contributed by atoms with Crippen LogP contribution < -0.4 is 11.1 Å². The minimum atomic E-state index is -4.66. The van der Waals surface area contributed by atoms with Gasteiger partial charge < -0.3 is 36.4 Å². The van der Waals surface area contributed by atoms with Crippen LogP contribution in [0, 0.1) is 17.5 Å². The number of alkyl halides is 3. The zero-order chi connectivity index (χ0) is 29.4. The van der Waals surface area contributed by atoms with Crippen molar-refractivity contribution in [3.63, 3.8) is 0 Å². The highest BCUT2D eigenvalue weighted by Crippen LogP contribution is 2.26. The van der Waals surface area contributed by atoms with Crippen molar-refractivity contribution in [3.05, 3.63) is 35.1 Å². The predicted octanol–water partition coefficient (Wildman–Crippen LogP) is -0.0893. The summed E-state index contributed by atoms with van der Waals surface area (Å²) >= 11 is 0. The molecule has 214 valence electrons. The van der Waals surface area contributed by atoms with Gasteiger partial charge in [0.2, 0.25) is 11.8 Å². The molecule has 0 unspecified atom stereocenters. The molecule has 1 aliphatic heterocycles. The van der Waals surface area contributed by atoms with Crippen LogP contribution in [0.4, 0.5) is 26.3 Å². The number of amides is 2. The van der Waals surface area contributed by atoms with Crippen LogP contribution in [0.5, 0.6) is 0 Å². The van der Waals surface area contributed by atoms with Crippen LogP contribution in [-0.2, 0) is 25.6 Å². The number of carboxylic acids is 2. The van der Waals surface area contributed by atoms with Crippen molar-refractivity contribution in [2.75, 3.05) is 13.1 Å². The van der Waals surface area contributed by atoms with E-state index in [0.717, 1.165) is 4.90 Å². The molecule has 0 bridgehead atoms. The lowest BCUT2D eigenvalue weighted by Gasteiger charge is -2.30. The van der Waals surface area contributed by atoms with E-state index >= 15 is 0 Å². The molecule has 4 atom stereocenters. The summed E-state index contributed by atoms with van der Waals surface area (Å²) in [6, 6.07) is -1.83. The first-order valence-electron chi connectivity index (χ1n) is 10.8. The lowest BCUT2D eigenvalue weighted by molar-refractivity contribution is -0.165. The number of hydrogen-bond donors (Lipinski definition) is 6. The van der Waals surface area contributed by atoms with Crippen molar-refractivity contribution >= 4 is 23.8 Å². The minimum absolute atomic E-state index is 0.0788. The zero-order valence-electron chi connectivity index (χ0n) is 19.4. The summed E-state index contributed by atoms with van der Waals surface area (Å²) in [6.45, 7) is 0.0493. The number of benzene rings is 1. The highest BCUT2D eigenvalue weighted by molar-refractivity contribution is 5.88. The summed E-state index contributed by atoms with van der Waals surface area (Å²) in [5.74, 6) is -8.97. The second-order valence-corrected chi connectivity index (χ2v) is 8.16. The topological polar surface area (TPSA) is 190 Å². The van der Waals surface area contributed by atoms with Gasteiger partial charge in [0.15, 0.2) is 23.8 Å². The number of rotatable bonds is 8. The van der Waals surface area contributed by atoms with E-state index in [2.05, 4.69) is 5.32 Å². The molecular weight excluding hydrogens is 536 g/mol. The van der Waals surface area contributed by atoms with Crippen molar-refractivity contribution in [1.29, 1.82) is 0 Å². The van der Waals surface area contributed by atoms with Crippen LogP contribution in [0.1, 0.15) is 24.8 Å². The number of carbonyl (C=O) groups is 4. The second-order valence-electron chi connectivity index (χ2n) is 8.16. The fraction of sp³-hybridized carbons (Fsp3) is 0.524. The predicted molar refractivity (Wildman–Crippen MR) is 114 cm³/mol. The van der Waals surface area contributed by atoms with Gasteiger partial charge >= 0.3 is 18.1 Å². The molecule has 2 rings (SSSR count). The van der Waals surface area contributed by atoms with Gasteiger partial charge in [-0.3, -0.25) is 9.59 Å². The van der Waals surface area contributed by atoms with Gasteiger partial charge in [-0.2, -0.15) is 13.2 Å². The molecule has 0 spiro atoms. The molecule has 1 aromatic carbocycles. The molecule has 1 heterocycles. The van der Waals surface area contributed by atoms with Crippen molar-refractivity contribution < 1.29 is 65.9 Å². The number of aliphatic hydroxyl groups is 2. The summed E-state index contributed by atoms with van der Waals surface area (Å²) in [4.78, 5) is 44.8. The van der Waals surface area contributed by atoms with Gasteiger partial charge in [-0.25, -0.2) is 22.8 Å². The third-order valence-corrected chi connectivity index (χ3v) is 5.11. The molecule has 17 heteroatoms. The summed E-state index contributed by atoms with van der Waals surface area (Å²) in [5, 5.41) is 34.8. The number of nitrogens with one attached hydrogen (secondary N) is 1. The minimum Gasteiger partial charge on any atom is -0.479 e. The first-order chi connectivity index (χ1) is 17.4. The zero-order valence-corrected chi connectivity index (χ0v) is 19.4. The number of nitrogens with two attached hydrogens (primary N) is 1. The van der Waals surface area contributed by atoms with Gasteiger partial charge in [0.25, 0.3) is 0 Å². The van der Waals surface area contributed by atoms with E-state index in [4.69, 9.17) is 26.2 Å². The third kappa shape index (κ3) is 10.1. The second kappa shape index (κ2) is 13.9. The maximum atomic E-state index is 13.7. The number of hydrogen-bond acceptors (Lipinski definition) is 7. The van der Waals surface area contributed by atoms with Crippen LogP contribution >= 0.6 is 0 Å².